The summed E-state index contributed by atoms with van der Waals surface area (Å²) in [4.78, 5) is 2.19. The second-order valence-electron chi connectivity index (χ2n) is 5.13. The van der Waals surface area contributed by atoms with Crippen LogP contribution < -0.4 is 0 Å². The molecule has 1 aliphatic rings. The van der Waals surface area contributed by atoms with Gasteiger partial charge in [-0.25, -0.2) is 4.39 Å². The molecule has 2 rings (SSSR count). The van der Waals surface area contributed by atoms with E-state index in [9.17, 15) is 4.39 Å². The van der Waals surface area contributed by atoms with Gasteiger partial charge in [0.2, 0.25) is 0 Å². The SMILES string of the molecule is Cc1cnn(C)c1CN1CCC[C@](C)(F)C1. The number of halogens is 1. The van der Waals surface area contributed by atoms with E-state index in [1.54, 1.807) is 6.92 Å². The molecule has 0 unspecified atom stereocenters. The van der Waals surface area contributed by atoms with Crippen molar-refractivity contribution in [3.8, 4) is 0 Å². The molecule has 0 saturated carbocycles. The highest BCUT2D eigenvalue weighted by atomic mass is 19.1. The van der Waals surface area contributed by atoms with E-state index in [2.05, 4.69) is 16.9 Å². The highest BCUT2D eigenvalue weighted by Gasteiger charge is 2.30. The van der Waals surface area contributed by atoms with Crippen molar-refractivity contribution in [3.63, 3.8) is 0 Å². The first-order valence-corrected chi connectivity index (χ1v) is 5.87. The fourth-order valence-corrected chi connectivity index (χ4v) is 2.44. The van der Waals surface area contributed by atoms with E-state index in [0.717, 1.165) is 19.5 Å². The molecule has 2 heterocycles. The van der Waals surface area contributed by atoms with E-state index in [1.165, 1.54) is 11.3 Å². The van der Waals surface area contributed by atoms with Gasteiger partial charge in [0, 0.05) is 20.1 Å². The lowest BCUT2D eigenvalue weighted by Crippen LogP contribution is -2.43. The second kappa shape index (κ2) is 4.17. The van der Waals surface area contributed by atoms with Gasteiger partial charge in [0.25, 0.3) is 0 Å². The molecule has 0 radical (unpaired) electrons. The van der Waals surface area contributed by atoms with Crippen LogP contribution in [0.4, 0.5) is 4.39 Å². The van der Waals surface area contributed by atoms with E-state index >= 15 is 0 Å². The molecular formula is C12H20FN3. The van der Waals surface area contributed by atoms with Crippen LogP contribution in [0.1, 0.15) is 31.0 Å². The van der Waals surface area contributed by atoms with Crippen LogP contribution in [-0.2, 0) is 13.6 Å². The van der Waals surface area contributed by atoms with Crippen molar-refractivity contribution in [2.24, 2.45) is 7.05 Å². The summed E-state index contributed by atoms with van der Waals surface area (Å²) >= 11 is 0. The monoisotopic (exact) mass is 225 g/mol. The van der Waals surface area contributed by atoms with Crippen LogP contribution in [-0.4, -0.2) is 33.4 Å². The zero-order valence-electron chi connectivity index (χ0n) is 10.3. The van der Waals surface area contributed by atoms with Crippen molar-refractivity contribution in [1.82, 2.24) is 14.7 Å². The Labute approximate surface area is 96.2 Å². The summed E-state index contributed by atoms with van der Waals surface area (Å²) in [6, 6.07) is 0. The summed E-state index contributed by atoms with van der Waals surface area (Å²) in [5.74, 6) is 0. The zero-order chi connectivity index (χ0) is 11.8. The third kappa shape index (κ3) is 2.43. The lowest BCUT2D eigenvalue weighted by atomic mass is 9.97. The van der Waals surface area contributed by atoms with Gasteiger partial charge in [-0.05, 0) is 38.8 Å². The number of aromatic nitrogens is 2. The number of hydrogen-bond donors (Lipinski definition) is 0. The lowest BCUT2D eigenvalue weighted by molar-refractivity contribution is 0.0549. The maximum atomic E-state index is 13.9. The van der Waals surface area contributed by atoms with Crippen LogP contribution in [0.2, 0.25) is 0 Å². The number of hydrogen-bond acceptors (Lipinski definition) is 2. The molecule has 1 aliphatic heterocycles. The van der Waals surface area contributed by atoms with Gasteiger partial charge in [0.05, 0.1) is 11.9 Å². The van der Waals surface area contributed by atoms with Crippen LogP contribution in [0, 0.1) is 6.92 Å². The Morgan fingerprint density at radius 1 is 1.56 bits per heavy atom. The molecule has 4 heteroatoms. The molecule has 0 amide bonds. The third-order valence-electron chi connectivity index (χ3n) is 3.37. The summed E-state index contributed by atoms with van der Waals surface area (Å²) in [5.41, 5.74) is 1.36. The van der Waals surface area contributed by atoms with Crippen molar-refractivity contribution in [1.29, 1.82) is 0 Å². The van der Waals surface area contributed by atoms with Gasteiger partial charge in [-0.3, -0.25) is 9.58 Å². The average molecular weight is 225 g/mol. The third-order valence-corrected chi connectivity index (χ3v) is 3.37. The molecule has 1 aromatic rings. The molecule has 0 aromatic carbocycles. The number of likely N-dealkylation sites (tertiary alicyclic amines) is 1. The molecular weight excluding hydrogens is 205 g/mol. The molecule has 0 spiro atoms. The van der Waals surface area contributed by atoms with Gasteiger partial charge in [0.15, 0.2) is 0 Å². The van der Waals surface area contributed by atoms with Crippen LogP contribution >= 0.6 is 0 Å². The zero-order valence-corrected chi connectivity index (χ0v) is 10.3. The average Bonchev–Trinajstić information content (AvgIpc) is 2.48. The normalized spacial score (nSPS) is 27.2. The van der Waals surface area contributed by atoms with Crippen molar-refractivity contribution < 1.29 is 4.39 Å². The molecule has 1 atom stereocenters. The highest BCUT2D eigenvalue weighted by molar-refractivity contribution is 5.15. The van der Waals surface area contributed by atoms with Gasteiger partial charge in [0.1, 0.15) is 5.67 Å². The summed E-state index contributed by atoms with van der Waals surface area (Å²) in [7, 11) is 1.95. The minimum absolute atomic E-state index is 0.539. The molecule has 0 aliphatic carbocycles. The molecule has 1 aromatic heterocycles. The fourth-order valence-electron chi connectivity index (χ4n) is 2.44. The summed E-state index contributed by atoms with van der Waals surface area (Å²) in [5, 5.41) is 4.21. The number of aryl methyl sites for hydroxylation is 2. The fraction of sp³-hybridized carbons (Fsp3) is 0.750. The molecule has 3 nitrogen and oxygen atoms in total. The Balaban J connectivity index is 2.05. The Morgan fingerprint density at radius 2 is 2.31 bits per heavy atom. The second-order valence-corrected chi connectivity index (χ2v) is 5.13. The van der Waals surface area contributed by atoms with Crippen LogP contribution in [0.25, 0.3) is 0 Å². The smallest absolute Gasteiger partial charge is 0.120 e. The Morgan fingerprint density at radius 3 is 2.88 bits per heavy atom. The number of rotatable bonds is 2. The Hall–Kier alpha value is -0.900. The van der Waals surface area contributed by atoms with Crippen molar-refractivity contribution >= 4 is 0 Å². The van der Waals surface area contributed by atoms with Gasteiger partial charge < -0.3 is 0 Å². The van der Waals surface area contributed by atoms with Crippen LogP contribution in [0.5, 0.6) is 0 Å². The number of piperidine rings is 1. The molecule has 0 bridgehead atoms. The van der Waals surface area contributed by atoms with E-state index in [4.69, 9.17) is 0 Å². The summed E-state index contributed by atoms with van der Waals surface area (Å²) in [6.45, 7) is 6.10. The van der Waals surface area contributed by atoms with Gasteiger partial charge in [-0.1, -0.05) is 0 Å². The van der Waals surface area contributed by atoms with Gasteiger partial charge >= 0.3 is 0 Å². The standard InChI is InChI=1S/C12H20FN3/c1-10-7-14-15(3)11(10)8-16-6-4-5-12(2,13)9-16/h7H,4-6,8-9H2,1-3H3/t12-/m0/s1. The predicted molar refractivity (Wildman–Crippen MR) is 62.0 cm³/mol. The molecule has 16 heavy (non-hydrogen) atoms. The van der Waals surface area contributed by atoms with Crippen molar-refractivity contribution in [2.45, 2.75) is 38.9 Å². The van der Waals surface area contributed by atoms with Gasteiger partial charge in [-0.15, -0.1) is 0 Å². The highest BCUT2D eigenvalue weighted by Crippen LogP contribution is 2.25. The van der Waals surface area contributed by atoms with Crippen LogP contribution in [0.15, 0.2) is 6.20 Å². The van der Waals surface area contributed by atoms with Crippen LogP contribution in [0.3, 0.4) is 0 Å². The van der Waals surface area contributed by atoms with Crippen molar-refractivity contribution in [3.05, 3.63) is 17.5 Å². The first-order valence-electron chi connectivity index (χ1n) is 5.87. The predicted octanol–water partition coefficient (Wildman–Crippen LogP) is 2.05. The largest absolute Gasteiger partial charge is 0.294 e. The topological polar surface area (TPSA) is 21.1 Å². The minimum atomic E-state index is -1.02. The number of alkyl halides is 1. The maximum absolute atomic E-state index is 13.9. The first-order chi connectivity index (χ1) is 7.48. The number of nitrogens with zero attached hydrogens (tertiary/aromatic N) is 3. The van der Waals surface area contributed by atoms with E-state index < -0.39 is 5.67 Å². The van der Waals surface area contributed by atoms with Crippen molar-refractivity contribution in [2.75, 3.05) is 13.1 Å². The molecule has 90 valence electrons. The maximum Gasteiger partial charge on any atom is 0.120 e. The van der Waals surface area contributed by atoms with E-state index in [-0.39, 0.29) is 0 Å². The minimum Gasteiger partial charge on any atom is -0.294 e. The summed E-state index contributed by atoms with van der Waals surface area (Å²) < 4.78 is 15.8. The van der Waals surface area contributed by atoms with Gasteiger partial charge in [-0.2, -0.15) is 5.10 Å². The first kappa shape index (κ1) is 11.6. The molecule has 1 saturated heterocycles. The molecule has 0 N–H and O–H groups in total. The quantitative estimate of drug-likeness (QED) is 0.768. The summed E-state index contributed by atoms with van der Waals surface area (Å²) in [6.07, 6.45) is 3.51. The molecule has 1 fully saturated rings. The Bertz CT molecular complexity index is 351. The van der Waals surface area contributed by atoms with E-state index in [1.807, 2.05) is 17.9 Å². The Kier molecular flexibility index (Phi) is 3.02. The van der Waals surface area contributed by atoms with E-state index in [0.29, 0.717) is 13.0 Å². The lowest BCUT2D eigenvalue weighted by Gasteiger charge is -2.35.